The summed E-state index contributed by atoms with van der Waals surface area (Å²) in [5.74, 6) is 0.200. The van der Waals surface area contributed by atoms with Crippen LogP contribution in [0.5, 0.6) is 0 Å². The summed E-state index contributed by atoms with van der Waals surface area (Å²) in [5.41, 5.74) is 0.494. The first-order chi connectivity index (χ1) is 10.0. The minimum absolute atomic E-state index is 0.0208. The zero-order valence-electron chi connectivity index (χ0n) is 11.1. The van der Waals surface area contributed by atoms with Gasteiger partial charge in [0.2, 0.25) is 0 Å². The second-order valence-corrected chi connectivity index (χ2v) is 6.90. The number of para-hydroxylation sites is 1. The van der Waals surface area contributed by atoms with E-state index in [1.54, 1.807) is 18.2 Å². The van der Waals surface area contributed by atoms with E-state index in [2.05, 4.69) is 11.3 Å². The molecule has 0 aliphatic carbocycles. The predicted molar refractivity (Wildman–Crippen MR) is 84.6 cm³/mol. The SMILES string of the molecule is C=CCSc1ccccc1NS(=O)(=O)c1ccc(F)cc1. The fourth-order valence-electron chi connectivity index (χ4n) is 1.64. The normalized spacial score (nSPS) is 11.1. The van der Waals surface area contributed by atoms with E-state index in [1.165, 1.54) is 23.9 Å². The lowest BCUT2D eigenvalue weighted by molar-refractivity contribution is 0.599. The Morgan fingerprint density at radius 1 is 1.14 bits per heavy atom. The second-order valence-electron chi connectivity index (χ2n) is 4.16. The molecule has 0 atom stereocenters. The van der Waals surface area contributed by atoms with Crippen LogP contribution in [0.3, 0.4) is 0 Å². The van der Waals surface area contributed by atoms with Crippen LogP contribution in [0.4, 0.5) is 10.1 Å². The third kappa shape index (κ3) is 4.09. The molecule has 0 saturated heterocycles. The lowest BCUT2D eigenvalue weighted by atomic mass is 10.3. The summed E-state index contributed by atoms with van der Waals surface area (Å²) in [4.78, 5) is 0.829. The molecule has 0 spiro atoms. The molecule has 2 rings (SSSR count). The van der Waals surface area contributed by atoms with E-state index in [4.69, 9.17) is 0 Å². The van der Waals surface area contributed by atoms with E-state index < -0.39 is 15.8 Å². The van der Waals surface area contributed by atoms with Gasteiger partial charge in [0, 0.05) is 10.6 Å². The van der Waals surface area contributed by atoms with Crippen molar-refractivity contribution in [2.75, 3.05) is 10.5 Å². The van der Waals surface area contributed by atoms with Gasteiger partial charge in [0.05, 0.1) is 10.6 Å². The van der Waals surface area contributed by atoms with Gasteiger partial charge in [-0.05, 0) is 36.4 Å². The number of hydrogen-bond donors (Lipinski definition) is 1. The first-order valence-electron chi connectivity index (χ1n) is 6.14. The molecule has 0 aliphatic heterocycles. The zero-order valence-corrected chi connectivity index (χ0v) is 12.8. The molecule has 0 aromatic heterocycles. The van der Waals surface area contributed by atoms with E-state index in [9.17, 15) is 12.8 Å². The molecule has 0 radical (unpaired) electrons. The molecule has 0 aliphatic rings. The summed E-state index contributed by atoms with van der Waals surface area (Å²) < 4.78 is 40.0. The highest BCUT2D eigenvalue weighted by molar-refractivity contribution is 7.99. The highest BCUT2D eigenvalue weighted by Crippen LogP contribution is 2.28. The van der Waals surface area contributed by atoms with Gasteiger partial charge in [-0.2, -0.15) is 0 Å². The van der Waals surface area contributed by atoms with Crippen molar-refractivity contribution in [2.24, 2.45) is 0 Å². The Morgan fingerprint density at radius 2 is 1.81 bits per heavy atom. The van der Waals surface area contributed by atoms with E-state index >= 15 is 0 Å². The monoisotopic (exact) mass is 323 g/mol. The Hall–Kier alpha value is -1.79. The van der Waals surface area contributed by atoms with Gasteiger partial charge in [-0.15, -0.1) is 18.3 Å². The number of anilines is 1. The summed E-state index contributed by atoms with van der Waals surface area (Å²) in [7, 11) is -3.73. The van der Waals surface area contributed by atoms with Crippen LogP contribution in [-0.4, -0.2) is 14.2 Å². The molecule has 0 amide bonds. The van der Waals surface area contributed by atoms with Crippen molar-refractivity contribution < 1.29 is 12.8 Å². The van der Waals surface area contributed by atoms with Gasteiger partial charge in [-0.25, -0.2) is 12.8 Å². The zero-order chi connectivity index (χ0) is 15.3. The Labute approximate surface area is 127 Å². The van der Waals surface area contributed by atoms with Crippen molar-refractivity contribution in [3.05, 3.63) is 67.0 Å². The van der Waals surface area contributed by atoms with Crippen LogP contribution in [0.25, 0.3) is 0 Å². The van der Waals surface area contributed by atoms with Crippen molar-refractivity contribution in [1.82, 2.24) is 0 Å². The quantitative estimate of drug-likeness (QED) is 0.648. The Bertz CT molecular complexity index is 728. The average Bonchev–Trinajstić information content (AvgIpc) is 2.46. The third-order valence-electron chi connectivity index (χ3n) is 2.61. The van der Waals surface area contributed by atoms with Gasteiger partial charge < -0.3 is 0 Å². The van der Waals surface area contributed by atoms with Crippen molar-refractivity contribution in [1.29, 1.82) is 0 Å². The fraction of sp³-hybridized carbons (Fsp3) is 0.0667. The molecule has 21 heavy (non-hydrogen) atoms. The van der Waals surface area contributed by atoms with Gasteiger partial charge in [-0.1, -0.05) is 18.2 Å². The first-order valence-corrected chi connectivity index (χ1v) is 8.61. The maximum absolute atomic E-state index is 12.9. The van der Waals surface area contributed by atoms with Gasteiger partial charge in [-0.3, -0.25) is 4.72 Å². The summed E-state index contributed by atoms with van der Waals surface area (Å²) >= 11 is 1.48. The summed E-state index contributed by atoms with van der Waals surface area (Å²) in [6.45, 7) is 3.64. The minimum Gasteiger partial charge on any atom is -0.278 e. The van der Waals surface area contributed by atoms with Gasteiger partial charge >= 0.3 is 0 Å². The molecule has 0 saturated carbocycles. The van der Waals surface area contributed by atoms with E-state index in [0.29, 0.717) is 11.4 Å². The number of nitrogens with one attached hydrogen (secondary N) is 1. The van der Waals surface area contributed by atoms with Crippen LogP contribution in [0, 0.1) is 5.82 Å². The molecular formula is C15H14FNO2S2. The largest absolute Gasteiger partial charge is 0.278 e. The highest BCUT2D eigenvalue weighted by Gasteiger charge is 2.15. The summed E-state index contributed by atoms with van der Waals surface area (Å²) in [6, 6.07) is 11.8. The van der Waals surface area contributed by atoms with E-state index in [1.807, 2.05) is 12.1 Å². The topological polar surface area (TPSA) is 46.2 Å². The van der Waals surface area contributed by atoms with Gasteiger partial charge in [0.15, 0.2) is 0 Å². The molecular weight excluding hydrogens is 309 g/mol. The lowest BCUT2D eigenvalue weighted by Crippen LogP contribution is -2.13. The summed E-state index contributed by atoms with van der Waals surface area (Å²) in [6.07, 6.45) is 1.75. The molecule has 110 valence electrons. The Balaban J connectivity index is 2.28. The number of sulfonamides is 1. The molecule has 0 unspecified atom stereocenters. The van der Waals surface area contributed by atoms with Crippen LogP contribution in [-0.2, 0) is 10.0 Å². The van der Waals surface area contributed by atoms with Crippen LogP contribution in [0.15, 0.2) is 71.0 Å². The van der Waals surface area contributed by atoms with Crippen molar-refractivity contribution >= 4 is 27.5 Å². The smallest absolute Gasteiger partial charge is 0.261 e. The average molecular weight is 323 g/mol. The third-order valence-corrected chi connectivity index (χ3v) is 5.06. The van der Waals surface area contributed by atoms with Crippen molar-refractivity contribution in [3.8, 4) is 0 Å². The van der Waals surface area contributed by atoms with E-state index in [0.717, 1.165) is 17.0 Å². The minimum atomic E-state index is -3.73. The van der Waals surface area contributed by atoms with Crippen LogP contribution in [0.1, 0.15) is 0 Å². The fourth-order valence-corrected chi connectivity index (χ4v) is 3.53. The lowest BCUT2D eigenvalue weighted by Gasteiger charge is -2.11. The number of thioether (sulfide) groups is 1. The van der Waals surface area contributed by atoms with Crippen LogP contribution < -0.4 is 4.72 Å². The molecule has 1 N–H and O–H groups in total. The maximum Gasteiger partial charge on any atom is 0.261 e. The van der Waals surface area contributed by atoms with Crippen LogP contribution in [0.2, 0.25) is 0 Å². The van der Waals surface area contributed by atoms with Crippen molar-refractivity contribution in [3.63, 3.8) is 0 Å². The van der Waals surface area contributed by atoms with Gasteiger partial charge in [0.25, 0.3) is 10.0 Å². The summed E-state index contributed by atoms with van der Waals surface area (Å²) in [5, 5.41) is 0. The number of rotatable bonds is 6. The molecule has 0 heterocycles. The molecule has 3 nitrogen and oxygen atoms in total. The predicted octanol–water partition coefficient (Wildman–Crippen LogP) is 3.90. The highest BCUT2D eigenvalue weighted by atomic mass is 32.2. The molecule has 2 aromatic carbocycles. The molecule has 0 bridgehead atoms. The van der Waals surface area contributed by atoms with Crippen LogP contribution >= 0.6 is 11.8 Å². The molecule has 0 fully saturated rings. The second kappa shape index (κ2) is 6.78. The Morgan fingerprint density at radius 3 is 2.48 bits per heavy atom. The number of benzene rings is 2. The number of halogens is 1. The standard InChI is InChI=1S/C15H14FNO2S2/c1-2-11-20-15-6-4-3-5-14(15)17-21(18,19)13-9-7-12(16)8-10-13/h2-10,17H,1,11H2. The molecule has 6 heteroatoms. The first kappa shape index (κ1) is 15.6. The van der Waals surface area contributed by atoms with Gasteiger partial charge in [0.1, 0.15) is 5.82 Å². The number of hydrogen-bond acceptors (Lipinski definition) is 3. The Kier molecular flexibility index (Phi) is 5.03. The van der Waals surface area contributed by atoms with E-state index in [-0.39, 0.29) is 4.90 Å². The van der Waals surface area contributed by atoms with Crippen molar-refractivity contribution in [2.45, 2.75) is 9.79 Å². The maximum atomic E-state index is 12.9. The molecule has 2 aromatic rings.